The van der Waals surface area contributed by atoms with E-state index in [9.17, 15) is 17.6 Å². The number of aromatic nitrogens is 1. The third-order valence-corrected chi connectivity index (χ3v) is 8.46. The van der Waals surface area contributed by atoms with E-state index in [0.29, 0.717) is 36.3 Å². The van der Waals surface area contributed by atoms with E-state index in [1.54, 1.807) is 30.3 Å². The normalized spacial score (nSPS) is 19.4. The van der Waals surface area contributed by atoms with Gasteiger partial charge in [0.25, 0.3) is 0 Å². The molecule has 3 aromatic rings. The Labute approximate surface area is 188 Å². The van der Waals surface area contributed by atoms with Crippen LogP contribution in [0.4, 0.5) is 4.39 Å². The summed E-state index contributed by atoms with van der Waals surface area (Å²) in [5.74, 6) is 0.330. The number of hydrogen-bond donors (Lipinski definition) is 0. The van der Waals surface area contributed by atoms with Crippen LogP contribution in [-0.2, 0) is 21.1 Å². The van der Waals surface area contributed by atoms with Crippen molar-refractivity contribution in [2.45, 2.75) is 68.2 Å². The molecular weight excluding hydrogens is 429 g/mol. The molecule has 4 rings (SSSR count). The summed E-state index contributed by atoms with van der Waals surface area (Å²) in [6, 6.07) is 11.3. The zero-order valence-electron chi connectivity index (χ0n) is 18.3. The maximum Gasteiger partial charge on any atom is 0.181 e. The Morgan fingerprint density at radius 1 is 1.09 bits per heavy atom. The highest BCUT2D eigenvalue weighted by Crippen LogP contribution is 2.37. The molecule has 0 unspecified atom stereocenters. The average Bonchev–Trinajstić information content (AvgIpc) is 3.11. The van der Waals surface area contributed by atoms with Gasteiger partial charge in [-0.15, -0.1) is 0 Å². The van der Waals surface area contributed by atoms with Crippen LogP contribution in [-0.4, -0.2) is 30.6 Å². The molecule has 0 amide bonds. The lowest BCUT2D eigenvalue weighted by atomic mass is 9.94. The van der Waals surface area contributed by atoms with Crippen LogP contribution in [0, 0.1) is 5.82 Å². The second-order valence-electron chi connectivity index (χ2n) is 8.71. The van der Waals surface area contributed by atoms with Crippen molar-refractivity contribution in [3.05, 3.63) is 60.0 Å². The first kappa shape index (κ1) is 22.5. The molecule has 0 N–H and O–H groups in total. The molecule has 1 aromatic heterocycles. The van der Waals surface area contributed by atoms with Crippen LogP contribution in [0.25, 0.3) is 10.9 Å². The number of nitrogens with zero attached hydrogens (tertiary/aromatic N) is 1. The summed E-state index contributed by atoms with van der Waals surface area (Å²) in [6.45, 7) is 3.85. The van der Waals surface area contributed by atoms with Gasteiger partial charge < -0.3 is 14.1 Å². The number of aldehydes is 1. The molecule has 1 heterocycles. The molecule has 5 nitrogen and oxygen atoms in total. The molecule has 32 heavy (non-hydrogen) atoms. The van der Waals surface area contributed by atoms with Gasteiger partial charge in [0.05, 0.1) is 21.8 Å². The number of carbonyl (C=O) groups is 1. The minimum absolute atomic E-state index is 0.0259. The van der Waals surface area contributed by atoms with Crippen molar-refractivity contribution in [2.24, 2.45) is 0 Å². The Morgan fingerprint density at radius 3 is 2.41 bits per heavy atom. The van der Waals surface area contributed by atoms with Crippen LogP contribution in [0.5, 0.6) is 5.75 Å². The van der Waals surface area contributed by atoms with Crippen molar-refractivity contribution in [3.63, 3.8) is 0 Å². The maximum absolute atomic E-state index is 13.9. The Bertz CT molecular complexity index is 1210. The minimum Gasteiger partial charge on any atom is -0.491 e. The topological polar surface area (TPSA) is 65.4 Å². The molecule has 0 saturated heterocycles. The maximum atomic E-state index is 13.9. The quantitative estimate of drug-likeness (QED) is 0.454. The summed E-state index contributed by atoms with van der Waals surface area (Å²) in [4.78, 5) is 11.4. The lowest BCUT2D eigenvalue weighted by molar-refractivity contribution is -0.107. The molecule has 0 atom stereocenters. The summed E-state index contributed by atoms with van der Waals surface area (Å²) in [5, 5.41) is 0.431. The molecule has 2 aromatic carbocycles. The summed E-state index contributed by atoms with van der Waals surface area (Å²) in [5.41, 5.74) is 1.63. The van der Waals surface area contributed by atoms with Gasteiger partial charge in [0, 0.05) is 24.0 Å². The highest BCUT2D eigenvalue weighted by atomic mass is 32.2. The number of rotatable bonds is 7. The number of hydrogen-bond acceptors (Lipinski definition) is 4. The summed E-state index contributed by atoms with van der Waals surface area (Å²) >= 11 is 0. The second kappa shape index (κ2) is 9.06. The van der Waals surface area contributed by atoms with E-state index >= 15 is 0 Å². The van der Waals surface area contributed by atoms with Gasteiger partial charge in [0.1, 0.15) is 17.9 Å². The standard InChI is InChI=1S/C25H28FNO4S/c1-17(2)31-21-6-10-23(11-7-21)32(29,30)22-8-4-20(5-9-22)27-16-18(13-14-28)24-12-3-19(26)15-25(24)27/h3,6-7,10-12,14-17,20,22H,4-5,8-9,13H2,1-2H3. The molecule has 0 bridgehead atoms. The van der Waals surface area contributed by atoms with Crippen molar-refractivity contribution >= 4 is 27.0 Å². The molecule has 7 heteroatoms. The van der Waals surface area contributed by atoms with Gasteiger partial charge in [-0.25, -0.2) is 12.8 Å². The van der Waals surface area contributed by atoms with Gasteiger partial charge in [-0.05, 0) is 87.6 Å². The Kier molecular flexibility index (Phi) is 6.38. The fourth-order valence-corrected chi connectivity index (χ4v) is 6.45. The predicted octanol–water partition coefficient (Wildman–Crippen LogP) is 5.27. The summed E-state index contributed by atoms with van der Waals surface area (Å²) < 4.78 is 47.9. The van der Waals surface area contributed by atoms with Crippen LogP contribution < -0.4 is 4.74 Å². The number of ether oxygens (including phenoxy) is 1. The molecular formula is C25H28FNO4S. The fraction of sp³-hybridized carbons (Fsp3) is 0.400. The smallest absolute Gasteiger partial charge is 0.181 e. The zero-order valence-corrected chi connectivity index (χ0v) is 19.1. The largest absolute Gasteiger partial charge is 0.491 e. The van der Waals surface area contributed by atoms with E-state index in [1.807, 2.05) is 24.6 Å². The molecule has 0 aliphatic heterocycles. The van der Waals surface area contributed by atoms with Crippen molar-refractivity contribution in [3.8, 4) is 5.75 Å². The minimum atomic E-state index is -3.44. The molecule has 1 saturated carbocycles. The van der Waals surface area contributed by atoms with Gasteiger partial charge in [-0.3, -0.25) is 0 Å². The molecule has 0 spiro atoms. The lowest BCUT2D eigenvalue weighted by Crippen LogP contribution is -2.28. The van der Waals surface area contributed by atoms with Crippen LogP contribution in [0.2, 0.25) is 0 Å². The third-order valence-electron chi connectivity index (χ3n) is 6.18. The Morgan fingerprint density at radius 2 is 1.78 bits per heavy atom. The monoisotopic (exact) mass is 457 g/mol. The van der Waals surface area contributed by atoms with Gasteiger partial charge in [0.15, 0.2) is 9.84 Å². The lowest BCUT2D eigenvalue weighted by Gasteiger charge is -2.30. The highest BCUT2D eigenvalue weighted by molar-refractivity contribution is 7.92. The van der Waals surface area contributed by atoms with E-state index in [0.717, 1.165) is 22.8 Å². The Balaban J connectivity index is 1.52. The molecule has 1 fully saturated rings. The second-order valence-corrected chi connectivity index (χ2v) is 10.9. The Hall–Kier alpha value is -2.67. The van der Waals surface area contributed by atoms with Crippen molar-refractivity contribution in [1.82, 2.24) is 4.57 Å². The molecule has 0 radical (unpaired) electrons. The van der Waals surface area contributed by atoms with E-state index in [-0.39, 0.29) is 24.4 Å². The summed E-state index contributed by atoms with van der Waals surface area (Å²) in [7, 11) is -3.44. The number of benzene rings is 2. The SMILES string of the molecule is CC(C)Oc1ccc(S(=O)(=O)C2CCC(n3cc(CC=O)c4ccc(F)cc43)CC2)cc1. The van der Waals surface area contributed by atoms with Crippen LogP contribution in [0.1, 0.15) is 51.1 Å². The van der Waals surface area contributed by atoms with Gasteiger partial charge >= 0.3 is 0 Å². The van der Waals surface area contributed by atoms with E-state index < -0.39 is 15.1 Å². The van der Waals surface area contributed by atoms with Crippen LogP contribution >= 0.6 is 0 Å². The van der Waals surface area contributed by atoms with Gasteiger partial charge in [-0.2, -0.15) is 0 Å². The first-order valence-corrected chi connectivity index (χ1v) is 12.6. The number of fused-ring (bicyclic) bond motifs is 1. The molecule has 1 aliphatic carbocycles. The predicted molar refractivity (Wildman–Crippen MR) is 122 cm³/mol. The van der Waals surface area contributed by atoms with Crippen molar-refractivity contribution in [2.75, 3.05) is 0 Å². The molecule has 170 valence electrons. The van der Waals surface area contributed by atoms with Crippen molar-refractivity contribution < 1.29 is 22.3 Å². The third kappa shape index (κ3) is 4.44. The van der Waals surface area contributed by atoms with Gasteiger partial charge in [0.2, 0.25) is 0 Å². The zero-order chi connectivity index (χ0) is 22.9. The fourth-order valence-electron chi connectivity index (χ4n) is 4.66. The first-order valence-electron chi connectivity index (χ1n) is 11.0. The highest BCUT2D eigenvalue weighted by Gasteiger charge is 2.33. The number of halogens is 1. The van der Waals surface area contributed by atoms with E-state index in [4.69, 9.17) is 4.74 Å². The summed E-state index contributed by atoms with van der Waals surface area (Å²) in [6.07, 6.45) is 5.51. The average molecular weight is 458 g/mol. The van der Waals surface area contributed by atoms with Gasteiger partial charge in [-0.1, -0.05) is 0 Å². The molecule has 1 aliphatic rings. The van der Waals surface area contributed by atoms with Crippen molar-refractivity contribution in [1.29, 1.82) is 0 Å². The van der Waals surface area contributed by atoms with E-state index in [2.05, 4.69) is 0 Å². The van der Waals surface area contributed by atoms with E-state index in [1.165, 1.54) is 12.1 Å². The van der Waals surface area contributed by atoms with Crippen LogP contribution in [0.15, 0.2) is 53.6 Å². The van der Waals surface area contributed by atoms with Crippen LogP contribution in [0.3, 0.4) is 0 Å². The number of sulfone groups is 1. The number of carbonyl (C=O) groups excluding carboxylic acids is 1. The first-order chi connectivity index (χ1) is 15.3.